The van der Waals surface area contributed by atoms with Gasteiger partial charge in [-0.05, 0) is 110 Å². The molecular weight excluding hydrogens is 813 g/mol. The lowest BCUT2D eigenvalue weighted by molar-refractivity contribution is 0.262. The molecule has 4 aliphatic heterocycles. The van der Waals surface area contributed by atoms with Crippen molar-refractivity contribution in [2.24, 2.45) is 0 Å². The number of phenolic OH excluding ortho intramolecular Hbond substituents is 2. The van der Waals surface area contributed by atoms with E-state index >= 15 is 0 Å². The van der Waals surface area contributed by atoms with E-state index in [4.69, 9.17) is 0 Å². The summed E-state index contributed by atoms with van der Waals surface area (Å²) in [4.78, 5) is 11.7. The second-order valence-corrected chi connectivity index (χ2v) is 19.1. The third kappa shape index (κ3) is 5.42. The molecule has 0 atom stereocenters. The summed E-state index contributed by atoms with van der Waals surface area (Å²) in [5.74, 6) is -0.628. The van der Waals surface area contributed by atoms with Gasteiger partial charge in [0.2, 0.25) is 0 Å². The SMILES string of the molecule is Cc1c2ccc(c1NC(=O)Nc1c3ccc(c1C)N(c1ccc4c(O)ccc(S(=O)(=O)O)c4c1)S3(=O)=O)S(=O)(=O)N2c1ccc2c(O)ccc(S(=O)(=O)O)c2c1. The number of carbonyl (C=O) groups excluding carboxylic acids is 1. The molecule has 6 aromatic carbocycles. The highest BCUT2D eigenvalue weighted by Gasteiger charge is 2.40. The summed E-state index contributed by atoms with van der Waals surface area (Å²) in [5, 5.41) is 25.4. The van der Waals surface area contributed by atoms with Gasteiger partial charge in [0.15, 0.2) is 0 Å². The number of nitrogens with zero attached hydrogens (tertiary/aromatic N) is 2. The van der Waals surface area contributed by atoms with Gasteiger partial charge in [-0.2, -0.15) is 16.8 Å². The van der Waals surface area contributed by atoms with Gasteiger partial charge in [0.05, 0.1) is 34.1 Å². The summed E-state index contributed by atoms with van der Waals surface area (Å²) in [5.41, 5.74) is 0.338. The van der Waals surface area contributed by atoms with E-state index in [2.05, 4.69) is 10.6 Å². The Balaban J connectivity index is 1.14. The molecule has 288 valence electrons. The molecule has 21 heteroatoms. The lowest BCUT2D eigenvalue weighted by Crippen LogP contribution is -2.35. The fourth-order valence-corrected chi connectivity index (χ4v) is 12.0. The first kappa shape index (κ1) is 37.0. The van der Waals surface area contributed by atoms with Gasteiger partial charge in [-0.25, -0.2) is 30.2 Å². The third-order valence-corrected chi connectivity index (χ3v) is 15.0. The molecule has 0 saturated carbocycles. The van der Waals surface area contributed by atoms with Crippen LogP contribution in [-0.2, 0) is 40.3 Å². The number of benzene rings is 6. The van der Waals surface area contributed by atoms with Gasteiger partial charge in [-0.3, -0.25) is 9.11 Å². The van der Waals surface area contributed by atoms with E-state index in [1.165, 1.54) is 74.5 Å². The number of fused-ring (bicyclic) bond motifs is 8. The van der Waals surface area contributed by atoms with Crippen LogP contribution in [0.1, 0.15) is 11.1 Å². The molecule has 56 heavy (non-hydrogen) atoms. The Hall–Kier alpha value is -5.97. The maximum Gasteiger partial charge on any atom is 0.323 e. The molecule has 6 aromatic rings. The Morgan fingerprint density at radius 2 is 0.929 bits per heavy atom. The predicted octanol–water partition coefficient (Wildman–Crippen LogP) is 5.84. The molecule has 0 spiro atoms. The van der Waals surface area contributed by atoms with Crippen LogP contribution in [-0.4, -0.2) is 59.0 Å². The van der Waals surface area contributed by atoms with Crippen LogP contribution in [0.4, 0.5) is 38.9 Å². The minimum absolute atomic E-state index is 0.0313. The molecule has 0 fully saturated rings. The molecule has 4 bridgehead atoms. The van der Waals surface area contributed by atoms with E-state index in [-0.39, 0.29) is 88.1 Å². The van der Waals surface area contributed by atoms with E-state index in [1.54, 1.807) is 0 Å². The summed E-state index contributed by atoms with van der Waals surface area (Å²) in [6, 6.07) is 16.1. The van der Waals surface area contributed by atoms with E-state index in [0.29, 0.717) is 0 Å². The zero-order chi connectivity index (χ0) is 40.4. The zero-order valence-electron chi connectivity index (χ0n) is 28.6. The number of carbonyl (C=O) groups is 1. The van der Waals surface area contributed by atoms with Gasteiger partial charge in [0.25, 0.3) is 40.3 Å². The highest BCUT2D eigenvalue weighted by atomic mass is 32.2. The first-order valence-corrected chi connectivity index (χ1v) is 21.8. The Bertz CT molecular complexity index is 3050. The van der Waals surface area contributed by atoms with Gasteiger partial charge >= 0.3 is 6.03 Å². The number of hydrogen-bond donors (Lipinski definition) is 6. The number of nitrogens with one attached hydrogen (secondary N) is 2. The maximum atomic E-state index is 14.0. The van der Waals surface area contributed by atoms with Crippen LogP contribution in [0.5, 0.6) is 11.5 Å². The summed E-state index contributed by atoms with van der Waals surface area (Å²) in [7, 11) is -18.5. The van der Waals surface area contributed by atoms with Gasteiger partial charge in [0.1, 0.15) is 31.1 Å². The van der Waals surface area contributed by atoms with E-state index in [9.17, 15) is 57.8 Å². The van der Waals surface area contributed by atoms with Crippen molar-refractivity contribution in [2.45, 2.75) is 33.4 Å². The van der Waals surface area contributed by atoms with Crippen molar-refractivity contribution in [3.05, 3.63) is 96.1 Å². The van der Waals surface area contributed by atoms with Crippen LogP contribution in [0.15, 0.2) is 105 Å². The van der Waals surface area contributed by atoms with Crippen LogP contribution in [0.3, 0.4) is 0 Å². The molecule has 6 N–H and O–H groups in total. The molecule has 10 rings (SSSR count). The predicted molar refractivity (Wildman–Crippen MR) is 205 cm³/mol. The Morgan fingerprint density at radius 1 is 0.554 bits per heavy atom. The molecule has 0 aromatic heterocycles. The fraction of sp³-hybridized carbons (Fsp3) is 0.0571. The van der Waals surface area contributed by atoms with Gasteiger partial charge in [-0.15, -0.1) is 0 Å². The van der Waals surface area contributed by atoms with E-state index < -0.39 is 56.1 Å². The number of urea groups is 1. The van der Waals surface area contributed by atoms with Crippen LogP contribution < -0.4 is 19.2 Å². The van der Waals surface area contributed by atoms with Crippen LogP contribution in [0.2, 0.25) is 0 Å². The highest BCUT2D eigenvalue weighted by molar-refractivity contribution is 7.93. The Morgan fingerprint density at radius 3 is 1.29 bits per heavy atom. The lowest BCUT2D eigenvalue weighted by Gasteiger charge is -2.34. The second-order valence-electron chi connectivity index (χ2n) is 12.9. The van der Waals surface area contributed by atoms with Crippen molar-refractivity contribution in [1.29, 1.82) is 0 Å². The molecule has 0 radical (unpaired) electrons. The van der Waals surface area contributed by atoms with Crippen LogP contribution >= 0.6 is 0 Å². The minimum Gasteiger partial charge on any atom is -0.507 e. The van der Waals surface area contributed by atoms with Crippen LogP contribution in [0.25, 0.3) is 21.5 Å². The average molecular weight is 839 g/mol. The minimum atomic E-state index is -4.78. The molecule has 2 amide bonds. The monoisotopic (exact) mass is 838 g/mol. The summed E-state index contributed by atoms with van der Waals surface area (Å²) < 4.78 is 126. The first-order chi connectivity index (χ1) is 26.1. The van der Waals surface area contributed by atoms with Gasteiger partial charge < -0.3 is 20.8 Å². The molecule has 0 unspecified atom stereocenters. The van der Waals surface area contributed by atoms with E-state index in [0.717, 1.165) is 32.9 Å². The van der Waals surface area contributed by atoms with Crippen molar-refractivity contribution in [1.82, 2.24) is 0 Å². The zero-order valence-corrected chi connectivity index (χ0v) is 31.8. The van der Waals surface area contributed by atoms with Gasteiger partial charge in [-0.1, -0.05) is 0 Å². The topological polar surface area (TPSA) is 265 Å². The molecule has 4 aliphatic rings. The number of hydrogen-bond acceptors (Lipinski definition) is 11. The lowest BCUT2D eigenvalue weighted by atomic mass is 10.1. The summed E-state index contributed by atoms with van der Waals surface area (Å²) in [6.45, 7) is 3.04. The molecule has 0 aliphatic carbocycles. The highest BCUT2D eigenvalue weighted by Crippen LogP contribution is 2.49. The summed E-state index contributed by atoms with van der Waals surface area (Å²) >= 11 is 0. The van der Waals surface area contributed by atoms with Gasteiger partial charge in [0, 0.05) is 21.5 Å². The second kappa shape index (κ2) is 12.0. The molecular formula is C35H26N4O13S4. The number of phenols is 2. The standard InChI is InChI=1S/C35H26N4O13S4/c1-17-25-7-11-31(53(43,44)38(25)19-3-5-21-23(15-19)29(55(47,48)49)13-9-27(21)40)33(17)36-35(42)37-34-18(2)26-8-12-32(34)54(45,46)39(26)20-4-6-22-24(16-20)30(56(50,51)52)14-10-28(22)41/h3-16,40-41H,1-2H3,(H2,36,37,42)(H,47,48,49)(H,50,51,52). The van der Waals surface area contributed by atoms with Crippen molar-refractivity contribution in [3.63, 3.8) is 0 Å². The number of rotatable bonds is 6. The molecule has 17 nitrogen and oxygen atoms in total. The average Bonchev–Trinajstić information content (AvgIpc) is 3.10. The molecule has 4 heterocycles. The van der Waals surface area contributed by atoms with Crippen molar-refractivity contribution in [3.8, 4) is 11.5 Å². The first-order valence-electron chi connectivity index (χ1n) is 16.0. The number of amides is 2. The number of aromatic hydroxyl groups is 2. The third-order valence-electron chi connectivity index (χ3n) is 9.65. The Labute approximate surface area is 318 Å². The number of anilines is 6. The maximum absolute atomic E-state index is 14.0. The summed E-state index contributed by atoms with van der Waals surface area (Å²) in [6.07, 6.45) is 0. The van der Waals surface area contributed by atoms with Crippen molar-refractivity contribution in [2.75, 3.05) is 19.2 Å². The smallest absolute Gasteiger partial charge is 0.323 e. The number of sulfonamides is 2. The van der Waals surface area contributed by atoms with Crippen LogP contribution in [0, 0.1) is 13.8 Å². The fourth-order valence-electron chi connectivity index (χ4n) is 7.09. The quantitative estimate of drug-likeness (QED) is 0.108. The van der Waals surface area contributed by atoms with Crippen molar-refractivity contribution < 1.29 is 57.8 Å². The van der Waals surface area contributed by atoms with E-state index in [1.807, 2.05) is 0 Å². The Kier molecular flexibility index (Phi) is 7.93. The van der Waals surface area contributed by atoms with Crippen molar-refractivity contribution >= 4 is 102 Å². The largest absolute Gasteiger partial charge is 0.507 e. The molecule has 0 saturated heterocycles. The normalized spacial score (nSPS) is 15.4.